The molecule has 0 saturated carbocycles. The quantitative estimate of drug-likeness (QED) is 0.791. The number of ether oxygens (including phenoxy) is 2. The number of benzene rings is 2. The number of rotatable bonds is 3. The van der Waals surface area contributed by atoms with Crippen LogP contribution in [0.3, 0.4) is 0 Å². The molecule has 0 spiro atoms. The summed E-state index contributed by atoms with van der Waals surface area (Å²) in [6.07, 6.45) is 1.57. The van der Waals surface area contributed by atoms with E-state index in [9.17, 15) is 0 Å². The van der Waals surface area contributed by atoms with Gasteiger partial charge in [0.25, 0.3) is 0 Å². The molecule has 5 nitrogen and oxygen atoms in total. The lowest BCUT2D eigenvalue weighted by atomic mass is 10.00. The van der Waals surface area contributed by atoms with Crippen LogP contribution < -0.4 is 15.2 Å². The molecule has 0 aliphatic carbocycles. The minimum absolute atomic E-state index is 0.251. The van der Waals surface area contributed by atoms with Gasteiger partial charge in [-0.1, -0.05) is 29.4 Å². The van der Waals surface area contributed by atoms with Crippen molar-refractivity contribution in [2.45, 2.75) is 0 Å². The standard InChI is InChI=1S/C15H14N2O3/c1-18-13-7-11(12-8-17-20-15(12)16)14(19-2)10-6-4-3-5-9(10)13/h3-8H,16H2,1-2H3. The summed E-state index contributed by atoms with van der Waals surface area (Å²) in [7, 11) is 3.26. The van der Waals surface area contributed by atoms with E-state index >= 15 is 0 Å². The van der Waals surface area contributed by atoms with Gasteiger partial charge < -0.3 is 19.7 Å². The number of nitrogens with zero attached hydrogens (tertiary/aromatic N) is 1. The van der Waals surface area contributed by atoms with Crippen LogP contribution in [0.25, 0.3) is 21.9 Å². The first-order valence-electron chi connectivity index (χ1n) is 6.10. The minimum atomic E-state index is 0.251. The highest BCUT2D eigenvalue weighted by molar-refractivity contribution is 6.00. The lowest BCUT2D eigenvalue weighted by molar-refractivity contribution is 0.411. The molecule has 0 amide bonds. The second-order valence-electron chi connectivity index (χ2n) is 4.31. The van der Waals surface area contributed by atoms with Crippen LogP contribution in [0.4, 0.5) is 5.88 Å². The average Bonchev–Trinajstić information content (AvgIpc) is 2.91. The van der Waals surface area contributed by atoms with Gasteiger partial charge in [-0.3, -0.25) is 0 Å². The van der Waals surface area contributed by atoms with E-state index in [0.717, 1.165) is 27.8 Å². The zero-order valence-corrected chi connectivity index (χ0v) is 11.2. The number of hydrogen-bond acceptors (Lipinski definition) is 5. The van der Waals surface area contributed by atoms with Crippen LogP contribution in [0, 0.1) is 0 Å². The van der Waals surface area contributed by atoms with Gasteiger partial charge in [0.2, 0.25) is 5.88 Å². The van der Waals surface area contributed by atoms with E-state index in [-0.39, 0.29) is 5.88 Å². The lowest BCUT2D eigenvalue weighted by Crippen LogP contribution is -1.94. The summed E-state index contributed by atoms with van der Waals surface area (Å²) in [5, 5.41) is 5.64. The van der Waals surface area contributed by atoms with Crippen LogP contribution in [-0.4, -0.2) is 19.4 Å². The summed E-state index contributed by atoms with van der Waals surface area (Å²) in [5.41, 5.74) is 7.29. The highest BCUT2D eigenvalue weighted by Crippen LogP contribution is 2.43. The molecule has 0 radical (unpaired) electrons. The molecule has 20 heavy (non-hydrogen) atoms. The molecule has 2 aromatic carbocycles. The van der Waals surface area contributed by atoms with Gasteiger partial charge in [-0.2, -0.15) is 0 Å². The summed E-state index contributed by atoms with van der Waals surface area (Å²) < 4.78 is 15.9. The Morgan fingerprint density at radius 1 is 1.05 bits per heavy atom. The molecule has 102 valence electrons. The molecule has 0 atom stereocenters. The Balaban J connectivity index is 2.40. The van der Waals surface area contributed by atoms with E-state index in [2.05, 4.69) is 5.16 Å². The second kappa shape index (κ2) is 4.77. The zero-order valence-electron chi connectivity index (χ0n) is 11.2. The van der Waals surface area contributed by atoms with E-state index in [1.165, 1.54) is 0 Å². The minimum Gasteiger partial charge on any atom is -0.496 e. The van der Waals surface area contributed by atoms with Crippen molar-refractivity contribution < 1.29 is 14.0 Å². The average molecular weight is 270 g/mol. The molecule has 1 aromatic heterocycles. The van der Waals surface area contributed by atoms with Crippen LogP contribution >= 0.6 is 0 Å². The van der Waals surface area contributed by atoms with Crippen molar-refractivity contribution in [1.82, 2.24) is 5.16 Å². The third-order valence-corrected chi connectivity index (χ3v) is 3.27. The Morgan fingerprint density at radius 3 is 2.40 bits per heavy atom. The largest absolute Gasteiger partial charge is 0.496 e. The SMILES string of the molecule is COc1cc(-c2cnoc2N)c(OC)c2ccccc12. The molecule has 0 unspecified atom stereocenters. The molecule has 0 bridgehead atoms. The van der Waals surface area contributed by atoms with Crippen LogP contribution in [0.1, 0.15) is 0 Å². The van der Waals surface area contributed by atoms with Crippen molar-refractivity contribution in [3.8, 4) is 22.6 Å². The summed E-state index contributed by atoms with van der Waals surface area (Å²) in [4.78, 5) is 0. The van der Waals surface area contributed by atoms with Crippen molar-refractivity contribution in [2.24, 2.45) is 0 Å². The van der Waals surface area contributed by atoms with Crippen molar-refractivity contribution in [3.63, 3.8) is 0 Å². The van der Waals surface area contributed by atoms with Crippen LogP contribution in [0.15, 0.2) is 41.1 Å². The van der Waals surface area contributed by atoms with Gasteiger partial charge in [0.15, 0.2) is 0 Å². The van der Waals surface area contributed by atoms with E-state index < -0.39 is 0 Å². The summed E-state index contributed by atoms with van der Waals surface area (Å²) in [6.45, 7) is 0. The molecule has 2 N–H and O–H groups in total. The number of fused-ring (bicyclic) bond motifs is 1. The number of aromatic nitrogens is 1. The van der Waals surface area contributed by atoms with Gasteiger partial charge in [-0.05, 0) is 6.07 Å². The maximum Gasteiger partial charge on any atom is 0.230 e. The third kappa shape index (κ3) is 1.75. The predicted octanol–water partition coefficient (Wildman–Crippen LogP) is 3.09. The van der Waals surface area contributed by atoms with Crippen LogP contribution in [0.5, 0.6) is 11.5 Å². The number of anilines is 1. The van der Waals surface area contributed by atoms with Crippen LogP contribution in [-0.2, 0) is 0 Å². The van der Waals surface area contributed by atoms with Gasteiger partial charge in [0.1, 0.15) is 11.5 Å². The highest BCUT2D eigenvalue weighted by atomic mass is 16.5. The first-order chi connectivity index (χ1) is 9.76. The molecular formula is C15H14N2O3. The Kier molecular flexibility index (Phi) is 2.95. The van der Waals surface area contributed by atoms with Crippen molar-refractivity contribution in [2.75, 3.05) is 20.0 Å². The van der Waals surface area contributed by atoms with E-state index in [1.807, 2.05) is 30.3 Å². The third-order valence-electron chi connectivity index (χ3n) is 3.27. The molecule has 0 aliphatic heterocycles. The smallest absolute Gasteiger partial charge is 0.230 e. The first kappa shape index (κ1) is 12.3. The number of methoxy groups -OCH3 is 2. The number of nitrogen functional groups attached to an aromatic ring is 1. The lowest BCUT2D eigenvalue weighted by Gasteiger charge is -2.14. The molecule has 0 saturated heterocycles. The van der Waals surface area contributed by atoms with Gasteiger partial charge in [0.05, 0.1) is 26.0 Å². The van der Waals surface area contributed by atoms with Crippen molar-refractivity contribution in [1.29, 1.82) is 0 Å². The molecule has 0 fully saturated rings. The highest BCUT2D eigenvalue weighted by Gasteiger charge is 2.18. The normalized spacial score (nSPS) is 10.7. The van der Waals surface area contributed by atoms with E-state index in [0.29, 0.717) is 5.56 Å². The van der Waals surface area contributed by atoms with Crippen molar-refractivity contribution in [3.05, 3.63) is 36.5 Å². The topological polar surface area (TPSA) is 70.5 Å². The molecule has 3 aromatic rings. The van der Waals surface area contributed by atoms with E-state index in [1.54, 1.807) is 20.4 Å². The fourth-order valence-corrected chi connectivity index (χ4v) is 2.36. The summed E-state index contributed by atoms with van der Waals surface area (Å²) >= 11 is 0. The maximum absolute atomic E-state index is 5.81. The van der Waals surface area contributed by atoms with Gasteiger partial charge >= 0.3 is 0 Å². The van der Waals surface area contributed by atoms with Crippen molar-refractivity contribution >= 4 is 16.7 Å². The molecule has 0 aliphatic rings. The Bertz CT molecular complexity index is 765. The summed E-state index contributed by atoms with van der Waals surface area (Å²) in [5.74, 6) is 1.72. The number of nitrogens with two attached hydrogens (primary N) is 1. The fraction of sp³-hybridized carbons (Fsp3) is 0.133. The summed E-state index contributed by atoms with van der Waals surface area (Å²) in [6, 6.07) is 9.74. The van der Waals surface area contributed by atoms with Gasteiger partial charge in [-0.25, -0.2) is 0 Å². The van der Waals surface area contributed by atoms with E-state index in [4.69, 9.17) is 19.7 Å². The number of hydrogen-bond donors (Lipinski definition) is 1. The molecule has 5 heteroatoms. The van der Waals surface area contributed by atoms with Gasteiger partial charge in [0, 0.05) is 16.3 Å². The Morgan fingerprint density at radius 2 is 1.80 bits per heavy atom. The molecular weight excluding hydrogens is 256 g/mol. The Hall–Kier alpha value is -2.69. The monoisotopic (exact) mass is 270 g/mol. The fourth-order valence-electron chi connectivity index (χ4n) is 2.36. The second-order valence-corrected chi connectivity index (χ2v) is 4.31. The maximum atomic E-state index is 5.81. The Labute approximate surface area is 115 Å². The molecule has 3 rings (SSSR count). The molecule has 1 heterocycles. The van der Waals surface area contributed by atoms with Crippen LogP contribution in [0.2, 0.25) is 0 Å². The van der Waals surface area contributed by atoms with Gasteiger partial charge in [-0.15, -0.1) is 0 Å². The predicted molar refractivity (Wildman–Crippen MR) is 77.0 cm³/mol. The first-order valence-corrected chi connectivity index (χ1v) is 6.10. The zero-order chi connectivity index (χ0) is 14.1.